The number of aromatic amines is 1. The van der Waals surface area contributed by atoms with Crippen LogP contribution in [0.15, 0.2) is 64.2 Å². The summed E-state index contributed by atoms with van der Waals surface area (Å²) >= 11 is 1.06. The van der Waals surface area contributed by atoms with Gasteiger partial charge in [0.2, 0.25) is 0 Å². The molecular formula is C21H16FN3O3S. The molecule has 6 nitrogen and oxygen atoms in total. The summed E-state index contributed by atoms with van der Waals surface area (Å²) in [6, 6.07) is 14.7. The van der Waals surface area contributed by atoms with Gasteiger partial charge in [-0.3, -0.25) is 19.1 Å². The summed E-state index contributed by atoms with van der Waals surface area (Å²) in [5.74, 6) is -0.800. The van der Waals surface area contributed by atoms with E-state index >= 15 is 0 Å². The fourth-order valence-corrected chi connectivity index (χ4v) is 4.22. The van der Waals surface area contributed by atoms with Crippen molar-refractivity contribution < 1.29 is 9.18 Å². The number of hydrogen-bond donors (Lipinski definition) is 2. The van der Waals surface area contributed by atoms with Gasteiger partial charge in [0.25, 0.3) is 11.5 Å². The fourth-order valence-electron chi connectivity index (χ4n) is 3.14. The number of aryl methyl sites for hydroxylation is 1. The van der Waals surface area contributed by atoms with Gasteiger partial charge >= 0.3 is 5.69 Å². The minimum Gasteiger partial charge on any atom is -0.321 e. The molecule has 0 aliphatic heterocycles. The van der Waals surface area contributed by atoms with Gasteiger partial charge in [-0.15, -0.1) is 11.3 Å². The number of amides is 1. The molecule has 146 valence electrons. The Bertz CT molecular complexity index is 1340. The second-order valence-corrected chi connectivity index (χ2v) is 7.55. The molecule has 29 heavy (non-hydrogen) atoms. The molecule has 0 saturated heterocycles. The van der Waals surface area contributed by atoms with E-state index in [0.29, 0.717) is 26.5 Å². The summed E-state index contributed by atoms with van der Waals surface area (Å²) in [6.07, 6.45) is 0. The predicted octanol–water partition coefficient (Wildman–Crippen LogP) is 3.50. The van der Waals surface area contributed by atoms with Crippen LogP contribution in [-0.4, -0.2) is 15.5 Å². The maximum atomic E-state index is 13.4. The molecule has 0 saturated carbocycles. The van der Waals surface area contributed by atoms with Crippen LogP contribution >= 0.6 is 11.3 Å². The summed E-state index contributed by atoms with van der Waals surface area (Å²) in [5, 5.41) is 3.07. The van der Waals surface area contributed by atoms with Crippen LogP contribution in [-0.2, 0) is 6.54 Å². The van der Waals surface area contributed by atoms with Crippen LogP contribution in [0.5, 0.6) is 0 Å². The van der Waals surface area contributed by atoms with E-state index in [0.717, 1.165) is 15.9 Å². The number of para-hydroxylation sites is 1. The van der Waals surface area contributed by atoms with Crippen LogP contribution in [0.25, 0.3) is 10.2 Å². The zero-order valence-electron chi connectivity index (χ0n) is 15.4. The Morgan fingerprint density at radius 3 is 2.62 bits per heavy atom. The lowest BCUT2D eigenvalue weighted by atomic mass is 10.2. The lowest BCUT2D eigenvalue weighted by molar-refractivity contribution is 0.103. The molecule has 1 amide bonds. The van der Waals surface area contributed by atoms with Crippen LogP contribution in [0.4, 0.5) is 10.1 Å². The normalized spacial score (nSPS) is 11.0. The first kappa shape index (κ1) is 18.8. The number of rotatable bonds is 4. The van der Waals surface area contributed by atoms with Crippen molar-refractivity contribution >= 4 is 33.1 Å². The van der Waals surface area contributed by atoms with E-state index in [1.807, 2.05) is 6.07 Å². The van der Waals surface area contributed by atoms with E-state index in [4.69, 9.17) is 0 Å². The lowest BCUT2D eigenvalue weighted by Gasteiger charge is -2.05. The molecule has 0 fully saturated rings. The predicted molar refractivity (Wildman–Crippen MR) is 111 cm³/mol. The molecule has 4 aromatic rings. The SMILES string of the molecule is Cc1c(C(=O)Nc2ccccc2)sc2[nH]c(=O)n(Cc3cccc(F)c3)c(=O)c12. The number of fused-ring (bicyclic) bond motifs is 1. The maximum Gasteiger partial charge on any atom is 0.329 e. The molecule has 8 heteroatoms. The van der Waals surface area contributed by atoms with Gasteiger partial charge in [-0.05, 0) is 42.3 Å². The molecule has 4 rings (SSSR count). The van der Waals surface area contributed by atoms with Crippen molar-refractivity contribution in [2.45, 2.75) is 13.5 Å². The Labute approximate surface area is 168 Å². The van der Waals surface area contributed by atoms with E-state index < -0.39 is 17.1 Å². The third kappa shape index (κ3) is 3.62. The highest BCUT2D eigenvalue weighted by Gasteiger charge is 2.20. The molecule has 2 aromatic carbocycles. The Kier molecular flexibility index (Phi) is 4.85. The molecule has 0 bridgehead atoms. The number of carbonyl (C=O) groups is 1. The summed E-state index contributed by atoms with van der Waals surface area (Å²) in [6.45, 7) is 1.60. The van der Waals surface area contributed by atoms with Gasteiger partial charge in [-0.2, -0.15) is 0 Å². The average molecular weight is 409 g/mol. The largest absolute Gasteiger partial charge is 0.329 e. The number of halogens is 1. The van der Waals surface area contributed by atoms with Crippen molar-refractivity contribution in [3.8, 4) is 0 Å². The van der Waals surface area contributed by atoms with E-state index in [2.05, 4.69) is 10.3 Å². The number of thiophene rings is 1. The second kappa shape index (κ2) is 7.48. The molecular weight excluding hydrogens is 393 g/mol. The van der Waals surface area contributed by atoms with E-state index in [-0.39, 0.29) is 17.8 Å². The highest BCUT2D eigenvalue weighted by molar-refractivity contribution is 7.20. The topological polar surface area (TPSA) is 84.0 Å². The minimum atomic E-state index is -0.608. The Morgan fingerprint density at radius 2 is 1.90 bits per heavy atom. The van der Waals surface area contributed by atoms with E-state index in [9.17, 15) is 18.8 Å². The van der Waals surface area contributed by atoms with Crippen LogP contribution < -0.4 is 16.6 Å². The molecule has 2 N–H and O–H groups in total. The average Bonchev–Trinajstić information content (AvgIpc) is 3.02. The highest BCUT2D eigenvalue weighted by atomic mass is 32.1. The quantitative estimate of drug-likeness (QED) is 0.541. The number of nitrogens with zero attached hydrogens (tertiary/aromatic N) is 1. The number of anilines is 1. The van der Waals surface area contributed by atoms with Crippen molar-refractivity contribution in [2.75, 3.05) is 5.32 Å². The minimum absolute atomic E-state index is 0.0668. The Hall–Kier alpha value is -3.52. The van der Waals surface area contributed by atoms with Crippen LogP contribution in [0.2, 0.25) is 0 Å². The Balaban J connectivity index is 1.76. The number of H-pyrrole nitrogens is 1. The molecule has 0 spiro atoms. The van der Waals surface area contributed by atoms with Crippen molar-refractivity contribution in [2.24, 2.45) is 0 Å². The van der Waals surface area contributed by atoms with Gasteiger partial charge in [0.1, 0.15) is 10.6 Å². The number of nitrogens with one attached hydrogen (secondary N) is 2. The number of benzene rings is 2. The van der Waals surface area contributed by atoms with Crippen LogP contribution in [0, 0.1) is 12.7 Å². The molecule has 0 atom stereocenters. The summed E-state index contributed by atoms with van der Waals surface area (Å²) in [4.78, 5) is 41.4. The zero-order chi connectivity index (χ0) is 20.5. The highest BCUT2D eigenvalue weighted by Crippen LogP contribution is 2.27. The van der Waals surface area contributed by atoms with E-state index in [1.54, 1.807) is 37.3 Å². The van der Waals surface area contributed by atoms with Crippen LogP contribution in [0.1, 0.15) is 20.8 Å². The number of carbonyl (C=O) groups excluding carboxylic acids is 1. The van der Waals surface area contributed by atoms with Gasteiger partial charge in [-0.1, -0.05) is 30.3 Å². The monoisotopic (exact) mass is 409 g/mol. The smallest absolute Gasteiger partial charge is 0.321 e. The van der Waals surface area contributed by atoms with Gasteiger partial charge in [0, 0.05) is 5.69 Å². The number of aromatic nitrogens is 2. The molecule has 0 unspecified atom stereocenters. The van der Waals surface area contributed by atoms with Crippen molar-refractivity contribution in [3.05, 3.63) is 97.3 Å². The van der Waals surface area contributed by atoms with Crippen LogP contribution in [0.3, 0.4) is 0 Å². The second-order valence-electron chi connectivity index (χ2n) is 6.53. The third-order valence-electron chi connectivity index (χ3n) is 4.54. The van der Waals surface area contributed by atoms with Gasteiger partial charge in [0.15, 0.2) is 0 Å². The summed E-state index contributed by atoms with van der Waals surface area (Å²) in [7, 11) is 0. The molecule has 2 aromatic heterocycles. The number of hydrogen-bond acceptors (Lipinski definition) is 4. The summed E-state index contributed by atoms with van der Waals surface area (Å²) < 4.78 is 14.5. The first-order valence-electron chi connectivity index (χ1n) is 8.81. The fraction of sp³-hybridized carbons (Fsp3) is 0.0952. The molecule has 0 radical (unpaired) electrons. The van der Waals surface area contributed by atoms with Crippen molar-refractivity contribution in [3.63, 3.8) is 0 Å². The standard InChI is InChI=1S/C21H16FN3O3S/c1-12-16-19(29-17(12)18(26)23-15-8-3-2-4-9-15)24-21(28)25(20(16)27)11-13-6-5-7-14(22)10-13/h2-10H,11H2,1H3,(H,23,26)(H,24,28). The first-order chi connectivity index (χ1) is 13.9. The lowest BCUT2D eigenvalue weighted by Crippen LogP contribution is -2.35. The molecule has 0 aliphatic rings. The molecule has 0 aliphatic carbocycles. The van der Waals surface area contributed by atoms with E-state index in [1.165, 1.54) is 18.2 Å². The van der Waals surface area contributed by atoms with Crippen molar-refractivity contribution in [1.29, 1.82) is 0 Å². The van der Waals surface area contributed by atoms with Crippen molar-refractivity contribution in [1.82, 2.24) is 9.55 Å². The Morgan fingerprint density at radius 1 is 1.14 bits per heavy atom. The maximum absolute atomic E-state index is 13.4. The van der Waals surface area contributed by atoms with Gasteiger partial charge in [0.05, 0.1) is 16.8 Å². The zero-order valence-corrected chi connectivity index (χ0v) is 16.2. The van der Waals surface area contributed by atoms with Gasteiger partial charge < -0.3 is 5.32 Å². The third-order valence-corrected chi connectivity index (χ3v) is 5.75. The summed E-state index contributed by atoms with van der Waals surface area (Å²) in [5.41, 5.74) is 0.495. The first-order valence-corrected chi connectivity index (χ1v) is 9.63. The van der Waals surface area contributed by atoms with Gasteiger partial charge in [-0.25, -0.2) is 9.18 Å². The molecule has 2 heterocycles.